The average Bonchev–Trinajstić information content (AvgIpc) is 2.62. The van der Waals surface area contributed by atoms with Crippen LogP contribution in [0.3, 0.4) is 0 Å². The van der Waals surface area contributed by atoms with E-state index in [2.05, 4.69) is 20.9 Å². The number of benzene rings is 2. The molecule has 136 valence electrons. The number of rotatable bonds is 5. The van der Waals surface area contributed by atoms with E-state index in [1.165, 1.54) is 13.1 Å². The average molecular weight is 381 g/mol. The van der Waals surface area contributed by atoms with Crippen LogP contribution in [-0.2, 0) is 4.79 Å². The lowest BCUT2D eigenvalue weighted by Gasteiger charge is -2.10. The summed E-state index contributed by atoms with van der Waals surface area (Å²) in [5.74, 6) is -0.436. The molecule has 2 amide bonds. The molecule has 0 aliphatic rings. The predicted octanol–water partition coefficient (Wildman–Crippen LogP) is 4.69. The van der Waals surface area contributed by atoms with Gasteiger partial charge in [0.15, 0.2) is 0 Å². The zero-order valence-electron chi connectivity index (χ0n) is 14.5. The van der Waals surface area contributed by atoms with E-state index in [1.807, 2.05) is 12.1 Å². The number of anilines is 4. The first-order valence-corrected chi connectivity index (χ1v) is 8.54. The van der Waals surface area contributed by atoms with Gasteiger partial charge in [-0.2, -0.15) is 0 Å². The van der Waals surface area contributed by atoms with Gasteiger partial charge in [0.2, 0.25) is 5.91 Å². The number of pyridine rings is 1. The largest absolute Gasteiger partial charge is 0.354 e. The van der Waals surface area contributed by atoms with Crippen molar-refractivity contribution in [2.45, 2.75) is 6.92 Å². The molecule has 2 aromatic carbocycles. The number of aromatic nitrogens is 1. The van der Waals surface area contributed by atoms with Crippen molar-refractivity contribution in [1.29, 1.82) is 0 Å². The Morgan fingerprint density at radius 2 is 1.56 bits per heavy atom. The highest BCUT2D eigenvalue weighted by Gasteiger charge is 2.08. The van der Waals surface area contributed by atoms with Gasteiger partial charge >= 0.3 is 0 Å². The summed E-state index contributed by atoms with van der Waals surface area (Å²) < 4.78 is 0. The summed E-state index contributed by atoms with van der Waals surface area (Å²) in [7, 11) is 0. The minimum absolute atomic E-state index is 0.145. The smallest absolute Gasteiger partial charge is 0.257 e. The number of amides is 2. The van der Waals surface area contributed by atoms with Crippen LogP contribution in [0.2, 0.25) is 5.02 Å². The number of nitrogens with one attached hydrogen (secondary N) is 3. The Labute approximate surface area is 161 Å². The van der Waals surface area contributed by atoms with Crippen LogP contribution in [0.15, 0.2) is 67.0 Å². The number of carbonyl (C=O) groups is 2. The molecule has 7 heteroatoms. The first kappa shape index (κ1) is 18.4. The fourth-order valence-electron chi connectivity index (χ4n) is 2.45. The molecule has 0 aliphatic carbocycles. The maximum absolute atomic E-state index is 12.4. The number of halogens is 1. The molecule has 0 aliphatic heterocycles. The lowest BCUT2D eigenvalue weighted by atomic mass is 10.2. The van der Waals surface area contributed by atoms with E-state index < -0.39 is 0 Å². The summed E-state index contributed by atoms with van der Waals surface area (Å²) in [4.78, 5) is 27.7. The Kier molecular flexibility index (Phi) is 5.68. The van der Waals surface area contributed by atoms with Crippen molar-refractivity contribution in [3.63, 3.8) is 0 Å². The second-order valence-corrected chi connectivity index (χ2v) is 6.25. The predicted molar refractivity (Wildman–Crippen MR) is 108 cm³/mol. The second-order valence-electron chi connectivity index (χ2n) is 5.81. The van der Waals surface area contributed by atoms with E-state index in [9.17, 15) is 9.59 Å². The fraction of sp³-hybridized carbons (Fsp3) is 0.0500. The van der Waals surface area contributed by atoms with Crippen LogP contribution in [0.25, 0.3) is 0 Å². The molecular formula is C20H17ClN4O2. The fourth-order valence-corrected chi connectivity index (χ4v) is 2.64. The van der Waals surface area contributed by atoms with Gasteiger partial charge in [-0.25, -0.2) is 0 Å². The quantitative estimate of drug-likeness (QED) is 0.599. The third kappa shape index (κ3) is 5.29. The van der Waals surface area contributed by atoms with E-state index in [0.29, 0.717) is 27.6 Å². The molecule has 0 spiro atoms. The van der Waals surface area contributed by atoms with E-state index in [-0.39, 0.29) is 11.8 Å². The molecule has 0 radical (unpaired) electrons. The molecule has 3 aromatic rings. The van der Waals surface area contributed by atoms with Gasteiger partial charge in [0.05, 0.1) is 17.4 Å². The summed E-state index contributed by atoms with van der Waals surface area (Å²) in [6.45, 7) is 1.45. The normalized spacial score (nSPS) is 10.1. The summed E-state index contributed by atoms with van der Waals surface area (Å²) >= 11 is 5.93. The Morgan fingerprint density at radius 3 is 2.30 bits per heavy atom. The maximum atomic E-state index is 12.4. The Morgan fingerprint density at radius 1 is 0.852 bits per heavy atom. The van der Waals surface area contributed by atoms with Crippen molar-refractivity contribution >= 4 is 46.2 Å². The van der Waals surface area contributed by atoms with Crippen molar-refractivity contribution in [3.05, 3.63) is 77.6 Å². The van der Waals surface area contributed by atoms with Gasteiger partial charge in [-0.05, 0) is 42.5 Å². The first-order chi connectivity index (χ1) is 13.0. The molecule has 0 atom stereocenters. The molecule has 0 unspecified atom stereocenters. The van der Waals surface area contributed by atoms with Crippen molar-refractivity contribution < 1.29 is 9.59 Å². The summed E-state index contributed by atoms with van der Waals surface area (Å²) in [6.07, 6.45) is 3.10. The van der Waals surface area contributed by atoms with Crippen LogP contribution in [0.1, 0.15) is 17.3 Å². The van der Waals surface area contributed by atoms with E-state index in [0.717, 1.165) is 5.69 Å². The Balaban J connectivity index is 1.73. The van der Waals surface area contributed by atoms with Crippen LogP contribution in [0.4, 0.5) is 22.7 Å². The molecule has 1 aromatic heterocycles. The topological polar surface area (TPSA) is 83.1 Å². The van der Waals surface area contributed by atoms with Crippen LogP contribution in [0, 0.1) is 0 Å². The standard InChI is InChI=1S/C20H17ClN4O2/c1-13(26)23-17-6-3-7-18(10-17)24-19-8-14(11-22-12-19)20(27)25-16-5-2-4-15(21)9-16/h2-12,24H,1H3,(H,23,26)(H,25,27). The highest BCUT2D eigenvalue weighted by atomic mass is 35.5. The Hall–Kier alpha value is -3.38. The van der Waals surface area contributed by atoms with E-state index in [4.69, 9.17) is 11.6 Å². The minimum atomic E-state index is -0.291. The molecule has 0 bridgehead atoms. The van der Waals surface area contributed by atoms with Crippen molar-refractivity contribution in [2.75, 3.05) is 16.0 Å². The lowest BCUT2D eigenvalue weighted by Crippen LogP contribution is -2.12. The van der Waals surface area contributed by atoms with E-state index >= 15 is 0 Å². The molecule has 0 fully saturated rings. The third-order valence-corrected chi connectivity index (χ3v) is 3.79. The number of carbonyl (C=O) groups excluding carboxylic acids is 2. The molecule has 27 heavy (non-hydrogen) atoms. The van der Waals surface area contributed by atoms with Gasteiger partial charge < -0.3 is 16.0 Å². The van der Waals surface area contributed by atoms with Crippen LogP contribution >= 0.6 is 11.6 Å². The highest BCUT2D eigenvalue weighted by molar-refractivity contribution is 6.31. The number of hydrogen-bond donors (Lipinski definition) is 3. The highest BCUT2D eigenvalue weighted by Crippen LogP contribution is 2.21. The van der Waals surface area contributed by atoms with E-state index in [1.54, 1.807) is 48.7 Å². The van der Waals surface area contributed by atoms with Crippen LogP contribution in [-0.4, -0.2) is 16.8 Å². The van der Waals surface area contributed by atoms with Crippen LogP contribution in [0.5, 0.6) is 0 Å². The number of nitrogens with zero attached hydrogens (tertiary/aromatic N) is 1. The second kappa shape index (κ2) is 8.33. The maximum Gasteiger partial charge on any atom is 0.257 e. The van der Waals surface area contributed by atoms with Gasteiger partial charge in [0, 0.05) is 35.2 Å². The zero-order valence-corrected chi connectivity index (χ0v) is 15.2. The monoisotopic (exact) mass is 380 g/mol. The number of hydrogen-bond acceptors (Lipinski definition) is 4. The van der Waals surface area contributed by atoms with Gasteiger partial charge in [0.1, 0.15) is 0 Å². The lowest BCUT2D eigenvalue weighted by molar-refractivity contribution is -0.114. The van der Waals surface area contributed by atoms with Crippen LogP contribution < -0.4 is 16.0 Å². The molecular weight excluding hydrogens is 364 g/mol. The molecule has 3 rings (SSSR count). The first-order valence-electron chi connectivity index (χ1n) is 8.16. The van der Waals surface area contributed by atoms with Crippen molar-refractivity contribution in [3.8, 4) is 0 Å². The summed E-state index contributed by atoms with van der Waals surface area (Å²) in [6, 6.07) is 15.9. The van der Waals surface area contributed by atoms with Crippen molar-refractivity contribution in [1.82, 2.24) is 4.98 Å². The molecule has 0 saturated carbocycles. The summed E-state index contributed by atoms with van der Waals surface area (Å²) in [5, 5.41) is 9.22. The molecule has 1 heterocycles. The third-order valence-electron chi connectivity index (χ3n) is 3.55. The Bertz CT molecular complexity index is 991. The molecule has 0 saturated heterocycles. The van der Waals surface area contributed by atoms with Gasteiger partial charge in [0.25, 0.3) is 5.91 Å². The molecule has 3 N–H and O–H groups in total. The zero-order chi connectivity index (χ0) is 19.2. The SMILES string of the molecule is CC(=O)Nc1cccc(Nc2cncc(C(=O)Nc3cccc(Cl)c3)c2)c1. The molecule has 6 nitrogen and oxygen atoms in total. The summed E-state index contributed by atoms with van der Waals surface area (Å²) in [5.41, 5.74) is 3.09. The van der Waals surface area contributed by atoms with Gasteiger partial charge in [-0.3, -0.25) is 14.6 Å². The van der Waals surface area contributed by atoms with Crippen molar-refractivity contribution in [2.24, 2.45) is 0 Å². The minimum Gasteiger partial charge on any atom is -0.354 e. The van der Waals surface area contributed by atoms with Gasteiger partial charge in [-0.1, -0.05) is 23.7 Å². The van der Waals surface area contributed by atoms with Gasteiger partial charge in [-0.15, -0.1) is 0 Å².